The fourth-order valence-corrected chi connectivity index (χ4v) is 2.17. The molecule has 1 aromatic carbocycles. The fraction of sp³-hybridized carbons (Fsp3) is 0.286. The molecule has 7 heteroatoms. The lowest BCUT2D eigenvalue weighted by Crippen LogP contribution is -2.37. The normalized spacial score (nSPS) is 15.0. The Morgan fingerprint density at radius 1 is 1.05 bits per heavy atom. The van der Waals surface area contributed by atoms with Gasteiger partial charge in [0, 0.05) is 43.2 Å². The second kappa shape index (κ2) is 5.84. The molecule has 0 aliphatic carbocycles. The van der Waals surface area contributed by atoms with Crippen molar-refractivity contribution in [1.29, 1.82) is 0 Å². The highest BCUT2D eigenvalue weighted by molar-refractivity contribution is 5.63. The first-order chi connectivity index (χ1) is 10.2. The summed E-state index contributed by atoms with van der Waals surface area (Å²) >= 11 is 0. The summed E-state index contributed by atoms with van der Waals surface area (Å²) in [6, 6.07) is 6.35. The summed E-state index contributed by atoms with van der Waals surface area (Å²) in [4.78, 5) is 21.0. The van der Waals surface area contributed by atoms with Crippen LogP contribution in [0.15, 0.2) is 36.7 Å². The second-order valence-electron chi connectivity index (χ2n) is 4.68. The van der Waals surface area contributed by atoms with Gasteiger partial charge in [-0.3, -0.25) is 10.1 Å². The third-order valence-corrected chi connectivity index (χ3v) is 3.34. The lowest BCUT2D eigenvalue weighted by Gasteiger charge is -2.26. The molecule has 1 saturated heterocycles. The average molecular weight is 286 g/mol. The number of morpholine rings is 1. The zero-order valence-corrected chi connectivity index (χ0v) is 11.3. The Morgan fingerprint density at radius 3 is 2.24 bits per heavy atom. The van der Waals surface area contributed by atoms with Crippen LogP contribution in [0.2, 0.25) is 0 Å². The van der Waals surface area contributed by atoms with Crippen LogP contribution in [-0.4, -0.2) is 41.2 Å². The molecular weight excluding hydrogens is 272 g/mol. The van der Waals surface area contributed by atoms with Gasteiger partial charge in [-0.15, -0.1) is 0 Å². The number of nitrogens with zero attached hydrogens (tertiary/aromatic N) is 4. The summed E-state index contributed by atoms with van der Waals surface area (Å²) in [6.45, 7) is 2.95. The molecule has 0 atom stereocenters. The van der Waals surface area contributed by atoms with Crippen LogP contribution in [0.1, 0.15) is 0 Å². The van der Waals surface area contributed by atoms with Crippen molar-refractivity contribution in [3.63, 3.8) is 0 Å². The van der Waals surface area contributed by atoms with Crippen molar-refractivity contribution in [2.45, 2.75) is 0 Å². The maximum atomic E-state index is 10.6. The highest BCUT2D eigenvalue weighted by Crippen LogP contribution is 2.22. The fourth-order valence-electron chi connectivity index (χ4n) is 2.17. The second-order valence-corrected chi connectivity index (χ2v) is 4.68. The molecule has 21 heavy (non-hydrogen) atoms. The van der Waals surface area contributed by atoms with Gasteiger partial charge in [0.25, 0.3) is 5.69 Å². The van der Waals surface area contributed by atoms with E-state index in [2.05, 4.69) is 14.9 Å². The molecular formula is C14H14N4O3. The standard InChI is InChI=1S/C14H14N4O3/c19-18(20)13-3-1-11(2-4-13)12-9-15-14(16-10-12)17-5-7-21-8-6-17/h1-4,9-10H,5-8H2. The van der Waals surface area contributed by atoms with Crippen molar-refractivity contribution in [2.24, 2.45) is 0 Å². The van der Waals surface area contributed by atoms with Crippen LogP contribution in [-0.2, 0) is 4.74 Å². The van der Waals surface area contributed by atoms with E-state index in [1.165, 1.54) is 12.1 Å². The molecule has 0 radical (unpaired) electrons. The van der Waals surface area contributed by atoms with Gasteiger partial charge in [0.15, 0.2) is 0 Å². The van der Waals surface area contributed by atoms with Crippen molar-refractivity contribution in [2.75, 3.05) is 31.2 Å². The van der Waals surface area contributed by atoms with Crippen molar-refractivity contribution in [3.05, 3.63) is 46.8 Å². The highest BCUT2D eigenvalue weighted by Gasteiger charge is 2.13. The van der Waals surface area contributed by atoms with E-state index in [1.54, 1.807) is 24.5 Å². The Kier molecular flexibility index (Phi) is 3.74. The third-order valence-electron chi connectivity index (χ3n) is 3.34. The minimum absolute atomic E-state index is 0.0737. The largest absolute Gasteiger partial charge is 0.378 e. The van der Waals surface area contributed by atoms with Crippen LogP contribution in [0.4, 0.5) is 11.6 Å². The van der Waals surface area contributed by atoms with Gasteiger partial charge >= 0.3 is 0 Å². The van der Waals surface area contributed by atoms with Gasteiger partial charge in [0.1, 0.15) is 0 Å². The quantitative estimate of drug-likeness (QED) is 0.633. The van der Waals surface area contributed by atoms with Crippen LogP contribution >= 0.6 is 0 Å². The number of benzene rings is 1. The van der Waals surface area contributed by atoms with Gasteiger partial charge in [-0.1, -0.05) is 0 Å². The number of nitro groups is 1. The number of non-ortho nitro benzene ring substituents is 1. The first kappa shape index (κ1) is 13.4. The molecule has 0 bridgehead atoms. The topological polar surface area (TPSA) is 81.4 Å². The average Bonchev–Trinajstić information content (AvgIpc) is 2.56. The van der Waals surface area contributed by atoms with Crippen LogP contribution < -0.4 is 4.90 Å². The molecule has 1 aliphatic heterocycles. The molecule has 1 aromatic heterocycles. The Bertz CT molecular complexity index is 622. The molecule has 0 N–H and O–H groups in total. The van der Waals surface area contributed by atoms with E-state index < -0.39 is 4.92 Å². The Morgan fingerprint density at radius 2 is 1.67 bits per heavy atom. The van der Waals surface area contributed by atoms with Gasteiger partial charge in [-0.25, -0.2) is 9.97 Å². The summed E-state index contributed by atoms with van der Waals surface area (Å²) < 4.78 is 5.29. The van der Waals surface area contributed by atoms with E-state index in [1.807, 2.05) is 0 Å². The lowest BCUT2D eigenvalue weighted by atomic mass is 10.1. The number of anilines is 1. The van der Waals surface area contributed by atoms with Gasteiger partial charge in [0.05, 0.1) is 18.1 Å². The Hall–Kier alpha value is -2.54. The van der Waals surface area contributed by atoms with E-state index in [9.17, 15) is 10.1 Å². The summed E-state index contributed by atoms with van der Waals surface area (Å²) in [6.07, 6.45) is 3.47. The molecule has 2 aromatic rings. The van der Waals surface area contributed by atoms with Crippen molar-refractivity contribution in [3.8, 4) is 11.1 Å². The Balaban J connectivity index is 1.78. The van der Waals surface area contributed by atoms with Gasteiger partial charge in [-0.2, -0.15) is 0 Å². The van der Waals surface area contributed by atoms with Gasteiger partial charge in [-0.05, 0) is 17.7 Å². The monoisotopic (exact) mass is 286 g/mol. The van der Waals surface area contributed by atoms with E-state index in [0.717, 1.165) is 24.2 Å². The number of rotatable bonds is 3. The number of hydrogen-bond donors (Lipinski definition) is 0. The molecule has 0 unspecified atom stereocenters. The molecule has 0 amide bonds. The van der Waals surface area contributed by atoms with Crippen LogP contribution in [0.25, 0.3) is 11.1 Å². The van der Waals surface area contributed by atoms with Crippen LogP contribution in [0.5, 0.6) is 0 Å². The van der Waals surface area contributed by atoms with Crippen molar-refractivity contribution in [1.82, 2.24) is 9.97 Å². The predicted octanol–water partition coefficient (Wildman–Crippen LogP) is 1.89. The summed E-state index contributed by atoms with van der Waals surface area (Å²) in [5.41, 5.74) is 1.76. The first-order valence-corrected chi connectivity index (χ1v) is 6.63. The minimum Gasteiger partial charge on any atom is -0.378 e. The van der Waals surface area contributed by atoms with E-state index in [0.29, 0.717) is 19.2 Å². The summed E-state index contributed by atoms with van der Waals surface area (Å²) in [5.74, 6) is 0.684. The number of ether oxygens (including phenoxy) is 1. The smallest absolute Gasteiger partial charge is 0.269 e. The van der Waals surface area contributed by atoms with Crippen LogP contribution in [0, 0.1) is 10.1 Å². The van der Waals surface area contributed by atoms with Gasteiger partial charge in [0.2, 0.25) is 5.95 Å². The number of nitro benzene ring substituents is 1. The SMILES string of the molecule is O=[N+]([O-])c1ccc(-c2cnc(N3CCOCC3)nc2)cc1. The number of aromatic nitrogens is 2. The molecule has 0 spiro atoms. The van der Waals surface area contributed by atoms with Gasteiger partial charge < -0.3 is 9.64 Å². The zero-order chi connectivity index (χ0) is 14.7. The molecule has 2 heterocycles. The number of hydrogen-bond acceptors (Lipinski definition) is 6. The predicted molar refractivity (Wildman–Crippen MR) is 77.2 cm³/mol. The summed E-state index contributed by atoms with van der Waals surface area (Å²) in [7, 11) is 0. The minimum atomic E-state index is -0.415. The van der Waals surface area contributed by atoms with Crippen molar-refractivity contribution < 1.29 is 9.66 Å². The molecule has 0 saturated carbocycles. The van der Waals surface area contributed by atoms with Crippen molar-refractivity contribution >= 4 is 11.6 Å². The highest BCUT2D eigenvalue weighted by atomic mass is 16.6. The molecule has 1 aliphatic rings. The molecule has 1 fully saturated rings. The van der Waals surface area contributed by atoms with E-state index >= 15 is 0 Å². The van der Waals surface area contributed by atoms with Crippen LogP contribution in [0.3, 0.4) is 0 Å². The first-order valence-electron chi connectivity index (χ1n) is 6.63. The molecule has 3 rings (SSSR count). The maximum absolute atomic E-state index is 10.6. The third kappa shape index (κ3) is 2.97. The Labute approximate surface area is 121 Å². The molecule has 108 valence electrons. The molecule has 7 nitrogen and oxygen atoms in total. The maximum Gasteiger partial charge on any atom is 0.269 e. The lowest BCUT2D eigenvalue weighted by molar-refractivity contribution is -0.384. The van der Waals surface area contributed by atoms with E-state index in [4.69, 9.17) is 4.74 Å². The zero-order valence-electron chi connectivity index (χ0n) is 11.3. The summed E-state index contributed by atoms with van der Waals surface area (Å²) in [5, 5.41) is 10.6. The van der Waals surface area contributed by atoms with E-state index in [-0.39, 0.29) is 5.69 Å².